The van der Waals surface area contributed by atoms with E-state index in [0.29, 0.717) is 10.6 Å². The zero-order chi connectivity index (χ0) is 11.7. The third-order valence-corrected chi connectivity index (χ3v) is 2.34. The number of aromatic amines is 2. The minimum Gasteiger partial charge on any atom is -0.477 e. The molecule has 0 aliphatic rings. The Balaban J connectivity index is 2.65. The second-order valence-corrected chi connectivity index (χ2v) is 3.58. The lowest BCUT2D eigenvalue weighted by molar-refractivity contribution is 0.0696. The summed E-state index contributed by atoms with van der Waals surface area (Å²) < 4.78 is 0. The number of carboxylic acid groups (broad SMARTS) is 1. The van der Waals surface area contributed by atoms with E-state index >= 15 is 0 Å². The number of rotatable bonds is 2. The van der Waals surface area contributed by atoms with Gasteiger partial charge in [0.1, 0.15) is 0 Å². The molecule has 0 radical (unpaired) electrons. The third kappa shape index (κ3) is 1.72. The van der Waals surface area contributed by atoms with E-state index in [0.717, 1.165) is 0 Å². The largest absolute Gasteiger partial charge is 0.477 e. The van der Waals surface area contributed by atoms with Gasteiger partial charge in [-0.15, -0.1) is 0 Å². The number of halogens is 1. The van der Waals surface area contributed by atoms with E-state index in [1.165, 1.54) is 0 Å². The number of aromatic carboxylic acids is 1. The van der Waals surface area contributed by atoms with Crippen LogP contribution in [0.3, 0.4) is 0 Å². The number of H-pyrrole nitrogens is 2. The number of carbonyl (C=O) groups is 1. The van der Waals surface area contributed by atoms with Crippen LogP contribution in [0.5, 0.6) is 0 Å². The van der Waals surface area contributed by atoms with Gasteiger partial charge in [-0.2, -0.15) is 0 Å². The summed E-state index contributed by atoms with van der Waals surface area (Å²) >= 11 is 5.78. The van der Waals surface area contributed by atoms with Gasteiger partial charge in [0.2, 0.25) is 0 Å². The predicted octanol–water partition coefficient (Wildman–Crippen LogP) is 1.72. The Bertz CT molecular complexity index is 600. The molecule has 1 heterocycles. The van der Waals surface area contributed by atoms with E-state index in [1.54, 1.807) is 24.3 Å². The van der Waals surface area contributed by atoms with Crippen LogP contribution in [0.15, 0.2) is 29.1 Å². The first-order chi connectivity index (χ1) is 7.59. The van der Waals surface area contributed by atoms with Gasteiger partial charge in [-0.05, 0) is 12.1 Å². The van der Waals surface area contributed by atoms with Crippen molar-refractivity contribution in [3.8, 4) is 11.3 Å². The van der Waals surface area contributed by atoms with Crippen LogP contribution in [0, 0.1) is 0 Å². The van der Waals surface area contributed by atoms with Crippen LogP contribution in [0.4, 0.5) is 0 Å². The zero-order valence-electron chi connectivity index (χ0n) is 7.95. The molecular formula is C10H7ClN2O3. The lowest BCUT2D eigenvalue weighted by Crippen LogP contribution is -2.12. The maximum atomic E-state index is 11.2. The Kier molecular flexibility index (Phi) is 2.54. The van der Waals surface area contributed by atoms with Crippen LogP contribution in [-0.2, 0) is 0 Å². The van der Waals surface area contributed by atoms with Gasteiger partial charge in [0, 0.05) is 10.6 Å². The summed E-state index contributed by atoms with van der Waals surface area (Å²) in [5.41, 5.74) is -0.215. The molecular weight excluding hydrogens is 232 g/mol. The monoisotopic (exact) mass is 238 g/mol. The van der Waals surface area contributed by atoms with Gasteiger partial charge >= 0.3 is 5.97 Å². The summed E-state index contributed by atoms with van der Waals surface area (Å²) in [4.78, 5) is 22.1. The van der Waals surface area contributed by atoms with Crippen molar-refractivity contribution in [1.29, 1.82) is 0 Å². The first-order valence-corrected chi connectivity index (χ1v) is 4.77. The third-order valence-electron chi connectivity index (χ3n) is 2.11. The normalized spacial score (nSPS) is 10.3. The topological polar surface area (TPSA) is 85.9 Å². The van der Waals surface area contributed by atoms with Crippen LogP contribution in [0.1, 0.15) is 10.4 Å². The van der Waals surface area contributed by atoms with E-state index < -0.39 is 11.5 Å². The predicted molar refractivity (Wildman–Crippen MR) is 58.8 cm³/mol. The number of benzene rings is 1. The van der Waals surface area contributed by atoms with Gasteiger partial charge in [-0.25, -0.2) is 4.79 Å². The summed E-state index contributed by atoms with van der Waals surface area (Å²) in [6, 6.07) is 6.58. The molecule has 0 atom stereocenters. The van der Waals surface area contributed by atoms with E-state index in [1.807, 2.05) is 0 Å². The smallest absolute Gasteiger partial charge is 0.343 e. The summed E-state index contributed by atoms with van der Waals surface area (Å²) in [6.07, 6.45) is 0. The molecule has 5 nitrogen and oxygen atoms in total. The minimum atomic E-state index is -1.28. The molecule has 82 valence electrons. The van der Waals surface area contributed by atoms with Crippen molar-refractivity contribution in [3.63, 3.8) is 0 Å². The zero-order valence-corrected chi connectivity index (χ0v) is 8.71. The number of aromatic nitrogens is 2. The molecule has 3 N–H and O–H groups in total. The molecule has 0 spiro atoms. The molecule has 0 aliphatic carbocycles. The lowest BCUT2D eigenvalue weighted by Gasteiger charge is -1.99. The van der Waals surface area contributed by atoms with Crippen molar-refractivity contribution in [2.24, 2.45) is 0 Å². The molecule has 2 aromatic rings. The fraction of sp³-hybridized carbons (Fsp3) is 0. The molecule has 2 rings (SSSR count). The lowest BCUT2D eigenvalue weighted by atomic mass is 10.1. The van der Waals surface area contributed by atoms with Crippen LogP contribution >= 0.6 is 11.6 Å². The van der Waals surface area contributed by atoms with Gasteiger partial charge in [-0.3, -0.25) is 15.0 Å². The molecule has 0 saturated heterocycles. The summed E-state index contributed by atoms with van der Waals surface area (Å²) in [5, 5.41) is 14.1. The van der Waals surface area contributed by atoms with E-state index in [2.05, 4.69) is 10.2 Å². The highest BCUT2D eigenvalue weighted by Gasteiger charge is 2.18. The van der Waals surface area contributed by atoms with Gasteiger partial charge < -0.3 is 5.11 Å². The van der Waals surface area contributed by atoms with Crippen LogP contribution in [-0.4, -0.2) is 21.3 Å². The minimum absolute atomic E-state index is 0.222. The molecule has 0 fully saturated rings. The molecule has 6 heteroatoms. The Labute approximate surface area is 94.7 Å². The van der Waals surface area contributed by atoms with E-state index in [-0.39, 0.29) is 11.3 Å². The SMILES string of the molecule is O=C(O)c1c(-c2cccc(Cl)c2)[nH][nH]c1=O. The van der Waals surface area contributed by atoms with Crippen molar-refractivity contribution in [3.05, 3.63) is 45.2 Å². The molecule has 1 aromatic heterocycles. The standard InChI is InChI=1S/C10H7ClN2O3/c11-6-3-1-2-5(4-6)8-7(10(15)16)9(14)13-12-8/h1-4H,(H,15,16)(H2,12,13,14). The number of hydrogen-bond donors (Lipinski definition) is 3. The molecule has 0 unspecified atom stereocenters. The Morgan fingerprint density at radius 2 is 2.06 bits per heavy atom. The van der Waals surface area contributed by atoms with Crippen molar-refractivity contribution in [1.82, 2.24) is 10.2 Å². The van der Waals surface area contributed by atoms with Crippen molar-refractivity contribution < 1.29 is 9.90 Å². The average Bonchev–Trinajstić information content (AvgIpc) is 2.60. The second-order valence-electron chi connectivity index (χ2n) is 3.14. The fourth-order valence-electron chi connectivity index (χ4n) is 1.42. The molecule has 0 saturated carbocycles. The van der Waals surface area contributed by atoms with E-state index in [9.17, 15) is 9.59 Å². The first kappa shape index (κ1) is 10.5. The fourth-order valence-corrected chi connectivity index (χ4v) is 1.61. The Morgan fingerprint density at radius 3 is 2.69 bits per heavy atom. The van der Waals surface area contributed by atoms with Crippen molar-refractivity contribution >= 4 is 17.6 Å². The quantitative estimate of drug-likeness (QED) is 0.745. The van der Waals surface area contributed by atoms with Gasteiger partial charge in [0.15, 0.2) is 5.56 Å². The summed E-state index contributed by atoms with van der Waals surface area (Å²) in [6.45, 7) is 0. The molecule has 0 bridgehead atoms. The Morgan fingerprint density at radius 1 is 1.31 bits per heavy atom. The second kappa shape index (κ2) is 3.86. The highest BCUT2D eigenvalue weighted by molar-refractivity contribution is 6.30. The number of hydrogen-bond acceptors (Lipinski definition) is 2. The maximum absolute atomic E-state index is 11.2. The van der Waals surface area contributed by atoms with Crippen molar-refractivity contribution in [2.45, 2.75) is 0 Å². The summed E-state index contributed by atoms with van der Waals surface area (Å²) in [7, 11) is 0. The average molecular weight is 239 g/mol. The van der Waals surface area contributed by atoms with Crippen LogP contribution < -0.4 is 5.56 Å². The van der Waals surface area contributed by atoms with Crippen LogP contribution in [0.25, 0.3) is 11.3 Å². The van der Waals surface area contributed by atoms with Gasteiger partial charge in [0.05, 0.1) is 5.69 Å². The number of carboxylic acids is 1. The maximum Gasteiger partial charge on any atom is 0.343 e. The highest BCUT2D eigenvalue weighted by atomic mass is 35.5. The van der Waals surface area contributed by atoms with E-state index in [4.69, 9.17) is 16.7 Å². The molecule has 0 aliphatic heterocycles. The Hall–Kier alpha value is -2.01. The molecule has 0 amide bonds. The van der Waals surface area contributed by atoms with Gasteiger partial charge in [0.25, 0.3) is 5.56 Å². The van der Waals surface area contributed by atoms with Gasteiger partial charge in [-0.1, -0.05) is 23.7 Å². The van der Waals surface area contributed by atoms with Crippen LogP contribution in [0.2, 0.25) is 5.02 Å². The summed E-state index contributed by atoms with van der Waals surface area (Å²) in [5.74, 6) is -1.28. The number of nitrogens with one attached hydrogen (secondary N) is 2. The first-order valence-electron chi connectivity index (χ1n) is 4.39. The molecule has 1 aromatic carbocycles. The molecule has 16 heavy (non-hydrogen) atoms. The van der Waals surface area contributed by atoms with Crippen molar-refractivity contribution in [2.75, 3.05) is 0 Å². The highest BCUT2D eigenvalue weighted by Crippen LogP contribution is 2.22.